The van der Waals surface area contributed by atoms with Crippen molar-refractivity contribution in [1.29, 1.82) is 0 Å². The van der Waals surface area contributed by atoms with Gasteiger partial charge < -0.3 is 0 Å². The van der Waals surface area contributed by atoms with Crippen molar-refractivity contribution in [1.82, 2.24) is 0 Å². The van der Waals surface area contributed by atoms with Crippen LogP contribution in [0.15, 0.2) is 35.2 Å². The van der Waals surface area contributed by atoms with Gasteiger partial charge in [-0.2, -0.15) is 0 Å². The average molecular weight is 343 g/mol. The van der Waals surface area contributed by atoms with E-state index in [-0.39, 0.29) is 9.23 Å². The highest BCUT2D eigenvalue weighted by molar-refractivity contribution is 7.93. The Labute approximate surface area is 123 Å². The topological polar surface area (TPSA) is 46.2 Å². The first-order valence-corrected chi connectivity index (χ1v) is 8.05. The maximum atomic E-state index is 12.1. The number of benzene rings is 1. The summed E-state index contributed by atoms with van der Waals surface area (Å²) < 4.78 is 26.9. The Morgan fingerprint density at radius 2 is 1.83 bits per heavy atom. The molecule has 0 saturated carbocycles. The lowest BCUT2D eigenvalue weighted by Crippen LogP contribution is -2.12. The number of sulfonamides is 1. The maximum absolute atomic E-state index is 12.1. The molecule has 18 heavy (non-hydrogen) atoms. The molecule has 0 saturated heterocycles. The van der Waals surface area contributed by atoms with Crippen LogP contribution in [0, 0.1) is 0 Å². The maximum Gasteiger partial charge on any atom is 0.264 e. The highest BCUT2D eigenvalue weighted by Crippen LogP contribution is 2.35. The first-order chi connectivity index (χ1) is 8.38. The number of rotatable bonds is 3. The van der Waals surface area contributed by atoms with Crippen LogP contribution in [0.5, 0.6) is 0 Å². The van der Waals surface area contributed by atoms with Gasteiger partial charge in [0.05, 0.1) is 10.0 Å². The molecule has 3 nitrogen and oxygen atoms in total. The summed E-state index contributed by atoms with van der Waals surface area (Å²) in [6.07, 6.45) is 0. The highest BCUT2D eigenvalue weighted by atomic mass is 35.5. The largest absolute Gasteiger partial charge is 0.280 e. The van der Waals surface area contributed by atoms with Crippen LogP contribution in [-0.2, 0) is 10.0 Å². The van der Waals surface area contributed by atoms with E-state index < -0.39 is 10.0 Å². The summed E-state index contributed by atoms with van der Waals surface area (Å²) in [5.41, 5.74) is 0.362. The van der Waals surface area contributed by atoms with Crippen molar-refractivity contribution in [3.8, 4) is 0 Å². The van der Waals surface area contributed by atoms with E-state index in [2.05, 4.69) is 4.72 Å². The molecule has 0 spiro atoms. The molecule has 1 N–H and O–H groups in total. The summed E-state index contributed by atoms with van der Waals surface area (Å²) in [5, 5.41) is 0.435. The zero-order valence-corrected chi connectivity index (χ0v) is 12.6. The van der Waals surface area contributed by atoms with E-state index in [4.69, 9.17) is 34.8 Å². The summed E-state index contributed by atoms with van der Waals surface area (Å²) >= 11 is 18.3. The highest BCUT2D eigenvalue weighted by Gasteiger charge is 2.21. The van der Waals surface area contributed by atoms with Gasteiger partial charge in [-0.25, -0.2) is 8.42 Å². The molecule has 0 aliphatic carbocycles. The van der Waals surface area contributed by atoms with Crippen LogP contribution >= 0.6 is 46.1 Å². The molecule has 0 aliphatic rings. The van der Waals surface area contributed by atoms with Crippen LogP contribution in [0.1, 0.15) is 0 Å². The SMILES string of the molecule is O=S(=O)(Nc1cccc(Cl)c1)c1cc(Cl)sc1Cl. The number of hydrogen-bond acceptors (Lipinski definition) is 3. The molecule has 96 valence electrons. The second kappa shape index (κ2) is 5.27. The molecule has 8 heteroatoms. The molecule has 0 atom stereocenters. The lowest BCUT2D eigenvalue weighted by Gasteiger charge is -2.07. The molecule has 0 bridgehead atoms. The fraction of sp³-hybridized carbons (Fsp3) is 0. The van der Waals surface area contributed by atoms with Gasteiger partial charge in [0.25, 0.3) is 10.0 Å². The summed E-state index contributed by atoms with van der Waals surface area (Å²) in [5.74, 6) is 0. The van der Waals surface area contributed by atoms with E-state index in [1.54, 1.807) is 18.2 Å². The average Bonchev–Trinajstić information content (AvgIpc) is 2.58. The Morgan fingerprint density at radius 3 is 2.39 bits per heavy atom. The molecular weight excluding hydrogens is 337 g/mol. The molecule has 0 fully saturated rings. The van der Waals surface area contributed by atoms with Gasteiger partial charge in [-0.15, -0.1) is 11.3 Å². The molecule has 2 rings (SSSR count). The summed E-state index contributed by atoms with van der Waals surface area (Å²) in [4.78, 5) is -0.0425. The Morgan fingerprint density at radius 1 is 1.11 bits per heavy atom. The molecule has 1 aromatic heterocycles. The van der Waals surface area contributed by atoms with Gasteiger partial charge >= 0.3 is 0 Å². The number of halogens is 3. The van der Waals surface area contributed by atoms with Crippen LogP contribution in [0.3, 0.4) is 0 Å². The third-order valence-electron chi connectivity index (χ3n) is 1.99. The number of hydrogen-bond donors (Lipinski definition) is 1. The molecule has 0 unspecified atom stereocenters. The fourth-order valence-electron chi connectivity index (χ4n) is 1.27. The summed E-state index contributed by atoms with van der Waals surface area (Å²) in [7, 11) is -3.75. The minimum Gasteiger partial charge on any atom is -0.280 e. The number of thiophene rings is 1. The van der Waals surface area contributed by atoms with Gasteiger partial charge in [-0.05, 0) is 24.3 Å². The molecule has 1 aromatic carbocycles. The standard InChI is InChI=1S/C10H6Cl3NO2S2/c11-6-2-1-3-7(4-6)14-18(15,16)8-5-9(12)17-10(8)13/h1-5,14H. The van der Waals surface area contributed by atoms with Crippen molar-refractivity contribution in [2.45, 2.75) is 4.90 Å². The molecular formula is C10H6Cl3NO2S2. The lowest BCUT2D eigenvalue weighted by molar-refractivity contribution is 0.601. The fourth-order valence-corrected chi connectivity index (χ4v) is 4.66. The number of nitrogens with one attached hydrogen (secondary N) is 1. The second-order valence-corrected chi connectivity index (χ2v) is 7.68. The Balaban J connectivity index is 2.36. The third kappa shape index (κ3) is 3.10. The van der Waals surface area contributed by atoms with E-state index in [0.29, 0.717) is 15.0 Å². The minimum absolute atomic E-state index is 0.0425. The molecule has 0 radical (unpaired) electrons. The monoisotopic (exact) mass is 341 g/mol. The second-order valence-electron chi connectivity index (χ2n) is 3.30. The van der Waals surface area contributed by atoms with Crippen molar-refractivity contribution in [2.75, 3.05) is 4.72 Å². The summed E-state index contributed by atoms with van der Waals surface area (Å²) in [6, 6.07) is 7.68. The number of anilines is 1. The Bertz CT molecular complexity index is 682. The third-order valence-corrected chi connectivity index (χ3v) is 5.36. The van der Waals surface area contributed by atoms with E-state index in [1.165, 1.54) is 12.1 Å². The van der Waals surface area contributed by atoms with Crippen LogP contribution in [0.25, 0.3) is 0 Å². The van der Waals surface area contributed by atoms with Crippen LogP contribution in [0.2, 0.25) is 13.7 Å². The van der Waals surface area contributed by atoms with Crippen molar-refractivity contribution in [3.63, 3.8) is 0 Å². The summed E-state index contributed by atoms with van der Waals surface area (Å²) in [6.45, 7) is 0. The van der Waals surface area contributed by atoms with Crippen LogP contribution in [0.4, 0.5) is 5.69 Å². The quantitative estimate of drug-likeness (QED) is 0.892. The first-order valence-electron chi connectivity index (χ1n) is 4.62. The predicted octanol–water partition coefficient (Wildman–Crippen LogP) is 4.51. The zero-order valence-electron chi connectivity index (χ0n) is 8.65. The normalized spacial score (nSPS) is 11.5. The Kier molecular flexibility index (Phi) is 4.08. The first kappa shape index (κ1) is 14.0. The van der Waals surface area contributed by atoms with E-state index in [1.807, 2.05) is 0 Å². The Hall–Kier alpha value is -0.460. The van der Waals surface area contributed by atoms with Crippen molar-refractivity contribution in [3.05, 3.63) is 44.0 Å². The zero-order chi connectivity index (χ0) is 13.3. The van der Waals surface area contributed by atoms with Gasteiger partial charge in [0.1, 0.15) is 9.23 Å². The molecule has 1 heterocycles. The van der Waals surface area contributed by atoms with Gasteiger partial charge in [0.15, 0.2) is 0 Å². The molecule has 0 aliphatic heterocycles. The van der Waals surface area contributed by atoms with Gasteiger partial charge in [-0.1, -0.05) is 40.9 Å². The smallest absolute Gasteiger partial charge is 0.264 e. The minimum atomic E-state index is -3.75. The lowest BCUT2D eigenvalue weighted by atomic mass is 10.3. The van der Waals surface area contributed by atoms with Crippen LogP contribution < -0.4 is 4.72 Å². The van der Waals surface area contributed by atoms with E-state index in [0.717, 1.165) is 11.3 Å². The van der Waals surface area contributed by atoms with Gasteiger partial charge in [-0.3, -0.25) is 4.72 Å². The molecule has 2 aromatic rings. The van der Waals surface area contributed by atoms with Crippen molar-refractivity contribution < 1.29 is 8.42 Å². The van der Waals surface area contributed by atoms with E-state index >= 15 is 0 Å². The van der Waals surface area contributed by atoms with Crippen molar-refractivity contribution >= 4 is 61.9 Å². The van der Waals surface area contributed by atoms with Gasteiger partial charge in [0, 0.05) is 5.02 Å². The predicted molar refractivity (Wildman–Crippen MR) is 76.6 cm³/mol. The van der Waals surface area contributed by atoms with Crippen LogP contribution in [-0.4, -0.2) is 8.42 Å². The van der Waals surface area contributed by atoms with Crippen molar-refractivity contribution in [2.24, 2.45) is 0 Å². The molecule has 0 amide bonds. The van der Waals surface area contributed by atoms with Gasteiger partial charge in [0.2, 0.25) is 0 Å². The van der Waals surface area contributed by atoms with E-state index in [9.17, 15) is 8.42 Å².